The van der Waals surface area contributed by atoms with Crippen molar-refractivity contribution in [2.45, 2.75) is 39.8 Å². The van der Waals surface area contributed by atoms with E-state index in [0.717, 1.165) is 29.9 Å². The highest BCUT2D eigenvalue weighted by Gasteiger charge is 2.24. The number of rotatable bonds is 10. The third kappa shape index (κ3) is 5.51. The molecule has 0 aliphatic heterocycles. The topological polar surface area (TPSA) is 50.1 Å². The van der Waals surface area contributed by atoms with Crippen LogP contribution in [0.1, 0.15) is 41.2 Å². The Labute approximate surface area is 185 Å². The van der Waals surface area contributed by atoms with Crippen LogP contribution in [0.15, 0.2) is 48.7 Å². The summed E-state index contributed by atoms with van der Waals surface area (Å²) >= 11 is 0. The molecule has 0 N–H and O–H groups in total. The molecule has 0 saturated carbocycles. The predicted octanol–water partition coefficient (Wildman–Crippen LogP) is 3.81. The van der Waals surface area contributed by atoms with E-state index in [1.807, 2.05) is 50.5 Å². The van der Waals surface area contributed by atoms with E-state index in [-0.39, 0.29) is 5.91 Å². The maximum Gasteiger partial charge on any atom is 0.274 e. The van der Waals surface area contributed by atoms with Gasteiger partial charge in [0.1, 0.15) is 5.65 Å². The summed E-state index contributed by atoms with van der Waals surface area (Å²) in [6, 6.07) is 14.6. The highest BCUT2D eigenvalue weighted by molar-refractivity contribution is 5.94. The minimum atomic E-state index is -0.0375. The van der Waals surface area contributed by atoms with Gasteiger partial charge < -0.3 is 14.0 Å². The molecule has 1 amide bonds. The van der Waals surface area contributed by atoms with Gasteiger partial charge in [0.15, 0.2) is 5.69 Å². The van der Waals surface area contributed by atoms with Gasteiger partial charge in [0.25, 0.3) is 5.91 Å². The first-order valence-electron chi connectivity index (χ1n) is 10.9. The van der Waals surface area contributed by atoms with E-state index in [2.05, 4.69) is 35.3 Å². The van der Waals surface area contributed by atoms with Crippen LogP contribution in [-0.2, 0) is 17.7 Å². The number of hydrogen-bond acceptors (Lipinski definition) is 4. The van der Waals surface area contributed by atoms with E-state index in [1.165, 1.54) is 5.56 Å². The summed E-state index contributed by atoms with van der Waals surface area (Å²) in [7, 11) is 3.57. The molecule has 0 saturated heterocycles. The molecule has 0 fully saturated rings. The molecule has 166 valence electrons. The van der Waals surface area contributed by atoms with Crippen molar-refractivity contribution in [1.29, 1.82) is 0 Å². The maximum absolute atomic E-state index is 13.4. The largest absolute Gasteiger partial charge is 0.383 e. The molecule has 0 aliphatic rings. The van der Waals surface area contributed by atoms with Gasteiger partial charge in [-0.3, -0.25) is 9.69 Å². The lowest BCUT2D eigenvalue weighted by Gasteiger charge is -2.26. The Balaban J connectivity index is 1.90. The van der Waals surface area contributed by atoms with Gasteiger partial charge in [-0.1, -0.05) is 36.4 Å². The van der Waals surface area contributed by atoms with Crippen molar-refractivity contribution in [2.24, 2.45) is 0 Å². The second-order valence-corrected chi connectivity index (χ2v) is 8.31. The van der Waals surface area contributed by atoms with E-state index >= 15 is 0 Å². The summed E-state index contributed by atoms with van der Waals surface area (Å²) < 4.78 is 7.36. The maximum atomic E-state index is 13.4. The monoisotopic (exact) mass is 422 g/mol. The fourth-order valence-corrected chi connectivity index (χ4v) is 3.72. The SMILES string of the molecule is COCCN(Cc1c(C(=O)N(C)CCc2ccccc2)nc2c(C)cccn12)C(C)C. The van der Waals surface area contributed by atoms with Crippen LogP contribution in [0.25, 0.3) is 5.65 Å². The summed E-state index contributed by atoms with van der Waals surface area (Å²) in [5, 5.41) is 0. The summed E-state index contributed by atoms with van der Waals surface area (Å²) in [4.78, 5) is 22.3. The zero-order valence-electron chi connectivity index (χ0n) is 19.3. The first-order valence-corrected chi connectivity index (χ1v) is 10.9. The second kappa shape index (κ2) is 10.6. The zero-order chi connectivity index (χ0) is 22.4. The van der Waals surface area contributed by atoms with Crippen molar-refractivity contribution >= 4 is 11.6 Å². The number of aryl methyl sites for hydroxylation is 1. The van der Waals surface area contributed by atoms with Crippen LogP contribution in [0.4, 0.5) is 0 Å². The van der Waals surface area contributed by atoms with Gasteiger partial charge in [0.05, 0.1) is 12.3 Å². The molecule has 3 rings (SSSR count). The van der Waals surface area contributed by atoms with Crippen molar-refractivity contribution in [2.75, 3.05) is 33.9 Å². The molecule has 6 nitrogen and oxygen atoms in total. The number of fused-ring (bicyclic) bond motifs is 1. The highest BCUT2D eigenvalue weighted by Crippen LogP contribution is 2.20. The van der Waals surface area contributed by atoms with E-state index < -0.39 is 0 Å². The Hall–Kier alpha value is -2.70. The number of nitrogens with zero attached hydrogens (tertiary/aromatic N) is 4. The average Bonchev–Trinajstić information content (AvgIpc) is 3.14. The van der Waals surface area contributed by atoms with Crippen molar-refractivity contribution in [3.05, 3.63) is 71.2 Å². The number of methoxy groups -OCH3 is 1. The van der Waals surface area contributed by atoms with Crippen LogP contribution in [0, 0.1) is 6.92 Å². The molecule has 0 aliphatic carbocycles. The minimum Gasteiger partial charge on any atom is -0.383 e. The fraction of sp³-hybridized carbons (Fsp3) is 0.440. The first-order chi connectivity index (χ1) is 14.9. The highest BCUT2D eigenvalue weighted by atomic mass is 16.5. The van der Waals surface area contributed by atoms with E-state index in [4.69, 9.17) is 9.72 Å². The number of amides is 1. The predicted molar refractivity (Wildman–Crippen MR) is 124 cm³/mol. The van der Waals surface area contributed by atoms with Crippen LogP contribution >= 0.6 is 0 Å². The molecular weight excluding hydrogens is 388 g/mol. The molecule has 2 aromatic heterocycles. The minimum absolute atomic E-state index is 0.0375. The van der Waals surface area contributed by atoms with Crippen molar-refractivity contribution < 1.29 is 9.53 Å². The molecule has 1 aromatic carbocycles. The molecule has 0 unspecified atom stereocenters. The van der Waals surface area contributed by atoms with Crippen LogP contribution < -0.4 is 0 Å². The van der Waals surface area contributed by atoms with E-state index in [1.54, 1.807) is 12.0 Å². The zero-order valence-corrected chi connectivity index (χ0v) is 19.3. The Morgan fingerprint density at radius 2 is 1.87 bits per heavy atom. The summed E-state index contributed by atoms with van der Waals surface area (Å²) in [5.74, 6) is -0.0375. The number of carbonyl (C=O) groups is 1. The first kappa shape index (κ1) is 23.0. The molecule has 0 atom stereocenters. The van der Waals surface area contributed by atoms with Gasteiger partial charge in [-0.15, -0.1) is 0 Å². The molecule has 2 heterocycles. The van der Waals surface area contributed by atoms with Crippen LogP contribution in [0.3, 0.4) is 0 Å². The number of carbonyl (C=O) groups excluding carboxylic acids is 1. The van der Waals surface area contributed by atoms with Gasteiger partial charge in [-0.25, -0.2) is 4.98 Å². The van der Waals surface area contributed by atoms with E-state index in [9.17, 15) is 4.79 Å². The smallest absolute Gasteiger partial charge is 0.274 e. The quantitative estimate of drug-likeness (QED) is 0.498. The van der Waals surface area contributed by atoms with Gasteiger partial charge in [-0.2, -0.15) is 0 Å². The summed E-state index contributed by atoms with van der Waals surface area (Å²) in [6.07, 6.45) is 2.82. The molecule has 0 spiro atoms. The summed E-state index contributed by atoms with van der Waals surface area (Å²) in [6.45, 7) is 9.09. The van der Waals surface area contributed by atoms with Crippen LogP contribution in [0.5, 0.6) is 0 Å². The number of aromatic nitrogens is 2. The Bertz CT molecular complexity index is 997. The van der Waals surface area contributed by atoms with Crippen LogP contribution in [-0.4, -0.2) is 65.0 Å². The lowest BCUT2D eigenvalue weighted by molar-refractivity contribution is 0.0786. The van der Waals surface area contributed by atoms with E-state index in [0.29, 0.717) is 31.4 Å². The number of imidazole rings is 1. The Morgan fingerprint density at radius 1 is 1.13 bits per heavy atom. The second-order valence-electron chi connectivity index (χ2n) is 8.31. The van der Waals surface area contributed by atoms with Crippen molar-refractivity contribution in [3.8, 4) is 0 Å². The molecule has 3 aromatic rings. The number of likely N-dealkylation sites (N-methyl/N-ethyl adjacent to an activating group) is 1. The van der Waals surface area contributed by atoms with Gasteiger partial charge in [0, 0.05) is 46.0 Å². The standard InChI is InChI=1S/C25H34N4O2/c1-19(2)28(16-17-31-5)18-22-23(26-24-20(3)10-9-14-29(22)24)25(30)27(4)15-13-21-11-7-6-8-12-21/h6-12,14,19H,13,15-18H2,1-5H3. The number of benzene rings is 1. The third-order valence-electron chi connectivity index (χ3n) is 5.74. The van der Waals surface area contributed by atoms with Crippen molar-refractivity contribution in [1.82, 2.24) is 19.2 Å². The molecular formula is C25H34N4O2. The molecule has 0 bridgehead atoms. The van der Waals surface area contributed by atoms with Gasteiger partial charge >= 0.3 is 0 Å². The molecule has 31 heavy (non-hydrogen) atoms. The Morgan fingerprint density at radius 3 is 2.55 bits per heavy atom. The normalized spacial score (nSPS) is 11.6. The average molecular weight is 423 g/mol. The fourth-order valence-electron chi connectivity index (χ4n) is 3.72. The van der Waals surface area contributed by atoms with Gasteiger partial charge in [0.2, 0.25) is 0 Å². The number of hydrogen-bond donors (Lipinski definition) is 0. The molecule has 6 heteroatoms. The van der Waals surface area contributed by atoms with Gasteiger partial charge in [-0.05, 0) is 44.4 Å². The van der Waals surface area contributed by atoms with Crippen LogP contribution in [0.2, 0.25) is 0 Å². The third-order valence-corrected chi connectivity index (χ3v) is 5.74. The summed E-state index contributed by atoms with van der Waals surface area (Å²) in [5.41, 5.74) is 4.59. The van der Waals surface area contributed by atoms with Crippen molar-refractivity contribution in [3.63, 3.8) is 0 Å². The Kier molecular flexibility index (Phi) is 7.82. The number of pyridine rings is 1. The lowest BCUT2D eigenvalue weighted by Crippen LogP contribution is -2.35. The number of ether oxygens (including phenoxy) is 1. The molecule has 0 radical (unpaired) electrons. The lowest BCUT2D eigenvalue weighted by atomic mass is 10.1.